The number of likely N-dealkylation sites (tertiary alicyclic amines) is 1. The number of esters is 1. The van der Waals surface area contributed by atoms with Gasteiger partial charge < -0.3 is 20.5 Å². The molecule has 8 nitrogen and oxygen atoms in total. The molecule has 1 amide bonds. The summed E-state index contributed by atoms with van der Waals surface area (Å²) in [5.41, 5.74) is -0.625. The SMILES string of the molecule is CC(=O)OC1N(C(=O)c2ccncc2Nc2ccc(I)cc2F)CC1(O)[C@@H]1CCCCN1. The summed E-state index contributed by atoms with van der Waals surface area (Å²) in [6.45, 7) is 2.02. The number of amides is 1. The molecule has 0 radical (unpaired) electrons. The van der Waals surface area contributed by atoms with Crippen molar-refractivity contribution in [3.05, 3.63) is 51.6 Å². The van der Waals surface area contributed by atoms with Gasteiger partial charge in [0.05, 0.1) is 29.7 Å². The highest BCUT2D eigenvalue weighted by molar-refractivity contribution is 14.1. The van der Waals surface area contributed by atoms with E-state index in [2.05, 4.69) is 15.6 Å². The van der Waals surface area contributed by atoms with E-state index in [0.29, 0.717) is 5.69 Å². The molecule has 10 heteroatoms. The van der Waals surface area contributed by atoms with Crippen molar-refractivity contribution >= 4 is 45.8 Å². The van der Waals surface area contributed by atoms with Crippen molar-refractivity contribution in [1.29, 1.82) is 0 Å². The molecule has 2 aliphatic heterocycles. The maximum Gasteiger partial charge on any atom is 0.304 e. The van der Waals surface area contributed by atoms with Crippen LogP contribution in [0.3, 0.4) is 0 Å². The fraction of sp³-hybridized carbons (Fsp3) is 0.409. The Kier molecular flexibility index (Phi) is 6.63. The van der Waals surface area contributed by atoms with Gasteiger partial charge in [0, 0.05) is 22.7 Å². The van der Waals surface area contributed by atoms with Gasteiger partial charge in [0.2, 0.25) is 6.23 Å². The van der Waals surface area contributed by atoms with Crippen LogP contribution in [0.25, 0.3) is 0 Å². The maximum absolute atomic E-state index is 14.3. The Labute approximate surface area is 198 Å². The summed E-state index contributed by atoms with van der Waals surface area (Å²) in [6.07, 6.45) is 4.46. The lowest BCUT2D eigenvalue weighted by Crippen LogP contribution is -2.78. The van der Waals surface area contributed by atoms with Crippen molar-refractivity contribution in [2.75, 3.05) is 18.4 Å². The number of hydrogen-bond acceptors (Lipinski definition) is 7. The first kappa shape index (κ1) is 22.9. The number of halogens is 2. The Morgan fingerprint density at radius 2 is 2.16 bits per heavy atom. The van der Waals surface area contributed by atoms with Crippen molar-refractivity contribution in [2.24, 2.45) is 0 Å². The zero-order valence-corrected chi connectivity index (χ0v) is 19.6. The fourth-order valence-corrected chi connectivity index (χ4v) is 4.68. The lowest BCUT2D eigenvalue weighted by molar-refractivity contribution is -0.248. The number of hydrogen-bond donors (Lipinski definition) is 3. The van der Waals surface area contributed by atoms with Gasteiger partial charge in [0.15, 0.2) is 5.60 Å². The molecule has 1 aromatic heterocycles. The number of carbonyl (C=O) groups excluding carboxylic acids is 2. The molecule has 2 aromatic rings. The Morgan fingerprint density at radius 3 is 2.84 bits per heavy atom. The standard InChI is InChI=1S/C22H24FIN4O4/c1-13(29)32-21-22(31,19-4-2-3-8-26-19)12-28(21)20(30)15-7-9-25-11-18(15)27-17-6-5-14(24)10-16(17)23/h5-7,9-11,19,21,26-27,31H,2-4,8,12H2,1H3/t19-,21?,22?/m0/s1. The summed E-state index contributed by atoms with van der Waals surface area (Å²) in [7, 11) is 0. The fourth-order valence-electron chi connectivity index (χ4n) is 4.22. The van der Waals surface area contributed by atoms with Crippen LogP contribution in [0.15, 0.2) is 36.7 Å². The Morgan fingerprint density at radius 1 is 1.34 bits per heavy atom. The van der Waals surface area contributed by atoms with Gasteiger partial charge >= 0.3 is 5.97 Å². The average Bonchev–Trinajstić information content (AvgIpc) is 2.78. The first-order valence-corrected chi connectivity index (χ1v) is 11.5. The molecule has 2 saturated heterocycles. The lowest BCUT2D eigenvalue weighted by Gasteiger charge is -2.56. The molecule has 32 heavy (non-hydrogen) atoms. The van der Waals surface area contributed by atoms with Crippen LogP contribution in [0.1, 0.15) is 36.5 Å². The van der Waals surface area contributed by atoms with Crippen LogP contribution < -0.4 is 10.6 Å². The number of aliphatic hydroxyl groups is 1. The van der Waals surface area contributed by atoms with E-state index in [9.17, 15) is 19.1 Å². The van der Waals surface area contributed by atoms with Crippen LogP contribution in [0.2, 0.25) is 0 Å². The van der Waals surface area contributed by atoms with Crippen molar-refractivity contribution in [3.63, 3.8) is 0 Å². The Hall–Kier alpha value is -2.31. The third-order valence-electron chi connectivity index (χ3n) is 5.84. The largest absolute Gasteiger partial charge is 0.438 e. The van der Waals surface area contributed by atoms with E-state index in [1.807, 2.05) is 22.6 Å². The number of benzene rings is 1. The van der Waals surface area contributed by atoms with Gasteiger partial charge in [-0.25, -0.2) is 4.39 Å². The molecule has 3 atom stereocenters. The van der Waals surface area contributed by atoms with Gasteiger partial charge in [0.25, 0.3) is 5.91 Å². The van der Waals surface area contributed by atoms with Crippen molar-refractivity contribution in [3.8, 4) is 0 Å². The Balaban J connectivity index is 1.59. The van der Waals surface area contributed by atoms with Gasteiger partial charge in [-0.3, -0.25) is 19.5 Å². The van der Waals surface area contributed by atoms with Crippen molar-refractivity contribution < 1.29 is 23.8 Å². The maximum atomic E-state index is 14.3. The van der Waals surface area contributed by atoms with E-state index in [4.69, 9.17) is 4.74 Å². The summed E-state index contributed by atoms with van der Waals surface area (Å²) in [4.78, 5) is 30.5. The predicted octanol–water partition coefficient (Wildman–Crippen LogP) is 2.79. The van der Waals surface area contributed by atoms with Crippen molar-refractivity contribution in [1.82, 2.24) is 15.2 Å². The minimum absolute atomic E-state index is 0.0150. The van der Waals surface area contributed by atoms with Crippen LogP contribution in [-0.2, 0) is 9.53 Å². The third kappa shape index (κ3) is 4.44. The van der Waals surface area contributed by atoms with Crippen LogP contribution in [0, 0.1) is 9.39 Å². The van der Waals surface area contributed by atoms with Gasteiger partial charge in [-0.1, -0.05) is 6.42 Å². The lowest BCUT2D eigenvalue weighted by atomic mass is 9.79. The number of pyridine rings is 1. The summed E-state index contributed by atoms with van der Waals surface area (Å²) < 4.78 is 20.5. The summed E-state index contributed by atoms with van der Waals surface area (Å²) in [6, 6.07) is 5.94. The summed E-state index contributed by atoms with van der Waals surface area (Å²) >= 11 is 2.01. The topological polar surface area (TPSA) is 104 Å². The van der Waals surface area contributed by atoms with Crippen LogP contribution >= 0.6 is 22.6 Å². The molecule has 4 rings (SSSR count). The number of ether oxygens (including phenoxy) is 1. The van der Waals surface area contributed by atoms with E-state index >= 15 is 0 Å². The molecule has 2 unspecified atom stereocenters. The molecule has 3 heterocycles. The van der Waals surface area contributed by atoms with Crippen LogP contribution in [-0.4, -0.2) is 57.8 Å². The molecule has 3 N–H and O–H groups in total. The molecular weight excluding hydrogens is 530 g/mol. The molecular formula is C22H24FIN4O4. The first-order chi connectivity index (χ1) is 15.3. The number of piperidine rings is 1. The minimum atomic E-state index is -1.37. The summed E-state index contributed by atoms with van der Waals surface area (Å²) in [5.74, 6) is -1.50. The minimum Gasteiger partial charge on any atom is -0.438 e. The molecule has 0 spiro atoms. The van der Waals surface area contributed by atoms with Gasteiger partial charge in [0.1, 0.15) is 5.82 Å². The zero-order valence-electron chi connectivity index (χ0n) is 17.5. The second kappa shape index (κ2) is 9.28. The van der Waals surface area contributed by atoms with Gasteiger partial charge in [-0.05, 0) is 66.2 Å². The molecule has 0 bridgehead atoms. The highest BCUT2D eigenvalue weighted by Crippen LogP contribution is 2.38. The zero-order chi connectivity index (χ0) is 22.9. The van der Waals surface area contributed by atoms with Crippen LogP contribution in [0.4, 0.5) is 15.8 Å². The number of β-amino-alcohol motifs (C(OH)–C–C–N with tert-alkyl or cyclic N) is 1. The van der Waals surface area contributed by atoms with E-state index in [1.54, 1.807) is 12.1 Å². The Bertz CT molecular complexity index is 1030. The quantitative estimate of drug-likeness (QED) is 0.386. The van der Waals surface area contributed by atoms with E-state index < -0.39 is 29.5 Å². The monoisotopic (exact) mass is 554 g/mol. The second-order valence-electron chi connectivity index (χ2n) is 8.06. The smallest absolute Gasteiger partial charge is 0.304 e. The predicted molar refractivity (Wildman–Crippen MR) is 124 cm³/mol. The molecule has 1 aromatic carbocycles. The number of nitrogens with zero attached hydrogens (tertiary/aromatic N) is 2. The number of rotatable bonds is 5. The molecule has 0 saturated carbocycles. The highest BCUT2D eigenvalue weighted by atomic mass is 127. The molecule has 0 aliphatic carbocycles. The van der Waals surface area contributed by atoms with E-state index in [1.165, 1.54) is 36.4 Å². The molecule has 2 aliphatic rings. The average molecular weight is 554 g/mol. The summed E-state index contributed by atoms with van der Waals surface area (Å²) in [5, 5.41) is 17.5. The number of nitrogens with one attached hydrogen (secondary N) is 2. The first-order valence-electron chi connectivity index (χ1n) is 10.4. The highest BCUT2D eigenvalue weighted by Gasteiger charge is 2.60. The van der Waals surface area contributed by atoms with E-state index in [0.717, 1.165) is 29.4 Å². The second-order valence-corrected chi connectivity index (χ2v) is 9.30. The molecule has 2 fully saturated rings. The van der Waals surface area contributed by atoms with Gasteiger partial charge in [-0.2, -0.15) is 0 Å². The normalized spacial score (nSPS) is 25.1. The number of aromatic nitrogens is 1. The van der Waals surface area contributed by atoms with Crippen LogP contribution in [0.5, 0.6) is 0 Å². The van der Waals surface area contributed by atoms with E-state index in [-0.39, 0.29) is 23.8 Å². The third-order valence-corrected chi connectivity index (χ3v) is 6.51. The van der Waals surface area contributed by atoms with Gasteiger partial charge in [-0.15, -0.1) is 0 Å². The van der Waals surface area contributed by atoms with Crippen molar-refractivity contribution in [2.45, 2.75) is 44.1 Å². The number of anilines is 2. The number of carbonyl (C=O) groups is 2. The molecule has 170 valence electrons.